The van der Waals surface area contributed by atoms with E-state index in [2.05, 4.69) is 43.2 Å². The molecule has 5 atom stereocenters. The smallest absolute Gasteiger partial charge is 0.156 e. The summed E-state index contributed by atoms with van der Waals surface area (Å²) >= 11 is 0. The van der Waals surface area contributed by atoms with Crippen LogP contribution in [-0.2, 0) is 4.79 Å². The van der Waals surface area contributed by atoms with Gasteiger partial charge in [-0.25, -0.2) is 0 Å². The lowest BCUT2D eigenvalue weighted by molar-refractivity contribution is -0.114. The molecular formula is C29H41NO3. The van der Waals surface area contributed by atoms with Crippen molar-refractivity contribution in [2.75, 3.05) is 20.7 Å². The van der Waals surface area contributed by atoms with Crippen LogP contribution in [0.1, 0.15) is 51.9 Å². The Morgan fingerprint density at radius 3 is 2.58 bits per heavy atom. The number of carbonyl (C=O) groups is 1. The van der Waals surface area contributed by atoms with Gasteiger partial charge in [0.2, 0.25) is 0 Å². The Hall–Kier alpha value is -2.17. The molecule has 180 valence electrons. The molecule has 0 aliphatic heterocycles. The highest BCUT2D eigenvalue weighted by Crippen LogP contribution is 2.61. The van der Waals surface area contributed by atoms with Gasteiger partial charge in [0.05, 0.1) is 12.7 Å². The van der Waals surface area contributed by atoms with E-state index < -0.39 is 0 Å². The molecule has 0 heterocycles. The van der Waals surface area contributed by atoms with Gasteiger partial charge in [-0.2, -0.15) is 0 Å². The van der Waals surface area contributed by atoms with Gasteiger partial charge in [-0.15, -0.1) is 6.58 Å². The summed E-state index contributed by atoms with van der Waals surface area (Å²) in [7, 11) is 4.06. The number of rotatable bonds is 5. The highest BCUT2D eigenvalue weighted by Gasteiger charge is 2.55. The summed E-state index contributed by atoms with van der Waals surface area (Å²) in [5, 5.41) is 18.6. The summed E-state index contributed by atoms with van der Waals surface area (Å²) in [4.78, 5) is 14.1. The highest BCUT2D eigenvalue weighted by atomic mass is 16.3. The molecule has 2 N–H and O–H groups in total. The summed E-state index contributed by atoms with van der Waals surface area (Å²) in [5.74, 6) is 1.75. The average molecular weight is 452 g/mol. The van der Waals surface area contributed by atoms with Gasteiger partial charge >= 0.3 is 0 Å². The van der Waals surface area contributed by atoms with Gasteiger partial charge in [-0.05, 0) is 91.1 Å². The van der Waals surface area contributed by atoms with Crippen molar-refractivity contribution in [2.45, 2.75) is 58.0 Å². The molecule has 0 bridgehead atoms. The zero-order valence-electron chi connectivity index (χ0n) is 20.6. The molecule has 2 saturated carbocycles. The van der Waals surface area contributed by atoms with Crippen LogP contribution in [-0.4, -0.2) is 47.7 Å². The fourth-order valence-corrected chi connectivity index (χ4v) is 6.56. The minimum absolute atomic E-state index is 0.00195. The molecule has 0 aromatic carbocycles. The molecule has 4 aliphatic carbocycles. The first kappa shape index (κ1) is 25.5. The number of hydrogen-bond acceptors (Lipinski definition) is 4. The van der Waals surface area contributed by atoms with Gasteiger partial charge < -0.3 is 15.1 Å². The van der Waals surface area contributed by atoms with Gasteiger partial charge in [-0.3, -0.25) is 4.79 Å². The third kappa shape index (κ3) is 5.17. The molecule has 4 nitrogen and oxygen atoms in total. The van der Waals surface area contributed by atoms with E-state index in [4.69, 9.17) is 5.11 Å². The second-order valence-corrected chi connectivity index (χ2v) is 10.3. The van der Waals surface area contributed by atoms with Gasteiger partial charge in [0.15, 0.2) is 5.78 Å². The molecule has 4 aliphatic rings. The molecule has 0 spiro atoms. The first-order valence-electron chi connectivity index (χ1n) is 12.3. The Labute approximate surface area is 199 Å². The van der Waals surface area contributed by atoms with E-state index in [1.54, 1.807) is 5.57 Å². The van der Waals surface area contributed by atoms with E-state index in [0.717, 1.165) is 44.2 Å². The summed E-state index contributed by atoms with van der Waals surface area (Å²) in [6.07, 6.45) is 18.4. The lowest BCUT2D eigenvalue weighted by Gasteiger charge is -2.51. The molecule has 0 aromatic heterocycles. The van der Waals surface area contributed by atoms with E-state index in [-0.39, 0.29) is 23.9 Å². The monoisotopic (exact) mass is 451 g/mol. The zero-order valence-corrected chi connectivity index (χ0v) is 20.6. The third-order valence-corrected chi connectivity index (χ3v) is 8.19. The molecule has 0 radical (unpaired) electrons. The lowest BCUT2D eigenvalue weighted by Crippen LogP contribution is -2.45. The number of carbonyl (C=O) groups excluding carboxylic acids is 1. The van der Waals surface area contributed by atoms with Crippen molar-refractivity contribution in [3.05, 3.63) is 72.0 Å². The van der Waals surface area contributed by atoms with E-state index in [1.807, 2.05) is 26.2 Å². The lowest BCUT2D eigenvalue weighted by atomic mass is 9.54. The van der Waals surface area contributed by atoms with Crippen LogP contribution in [0.5, 0.6) is 0 Å². The zero-order chi connectivity index (χ0) is 24.2. The molecule has 0 aromatic rings. The summed E-state index contributed by atoms with van der Waals surface area (Å²) < 4.78 is 0. The van der Waals surface area contributed by atoms with Crippen LogP contribution in [0.4, 0.5) is 0 Å². The quantitative estimate of drug-likeness (QED) is 0.449. The number of hydrogen-bond donors (Lipinski definition) is 2. The van der Waals surface area contributed by atoms with Gasteiger partial charge in [0.25, 0.3) is 0 Å². The van der Waals surface area contributed by atoms with Crippen molar-refractivity contribution >= 4 is 5.78 Å². The van der Waals surface area contributed by atoms with Gasteiger partial charge in [0, 0.05) is 26.2 Å². The van der Waals surface area contributed by atoms with Crippen molar-refractivity contribution in [1.82, 2.24) is 4.90 Å². The van der Waals surface area contributed by atoms with Crippen LogP contribution in [0.3, 0.4) is 0 Å². The van der Waals surface area contributed by atoms with Crippen molar-refractivity contribution < 1.29 is 15.0 Å². The van der Waals surface area contributed by atoms with Crippen molar-refractivity contribution in [3.8, 4) is 0 Å². The minimum atomic E-state index is -0.194. The molecule has 33 heavy (non-hydrogen) atoms. The predicted molar refractivity (Wildman–Crippen MR) is 135 cm³/mol. The Morgan fingerprint density at radius 1 is 1.21 bits per heavy atom. The van der Waals surface area contributed by atoms with Crippen molar-refractivity contribution in [2.24, 2.45) is 23.2 Å². The fourth-order valence-electron chi connectivity index (χ4n) is 6.56. The normalized spacial score (nSPS) is 33.4. The fraction of sp³-hybridized carbons (Fsp3) is 0.552. The second kappa shape index (κ2) is 10.8. The maximum absolute atomic E-state index is 12.0. The summed E-state index contributed by atoms with van der Waals surface area (Å²) in [6, 6.07) is 0. The Morgan fingerprint density at radius 2 is 1.94 bits per heavy atom. The standard InChI is InChI=1S/C26H35NO2.C3H6O/c1-5-19(27(3)4)8-6-7-18-16-26(2)23(13-14-24(26)29)22-11-9-17-15-20(28)10-12-21(17)25(18)22;1-2-3-4/h5-8,15,18,22-24,29H,1,9-14,16H2,2-4H3;2,4H,1,3H2/b7-6+,19-8+;/t18-,22?,23?,24-,26?;/m0./s1. The van der Waals surface area contributed by atoms with Crippen LogP contribution < -0.4 is 0 Å². The molecule has 4 heteroatoms. The molecular weight excluding hydrogens is 410 g/mol. The highest BCUT2D eigenvalue weighted by molar-refractivity contribution is 5.93. The number of likely N-dealkylation sites (N-methyl/N-ethyl adjacent to an activating group) is 1. The summed E-state index contributed by atoms with van der Waals surface area (Å²) in [6.45, 7) is 9.54. The average Bonchev–Trinajstić information content (AvgIpc) is 3.10. The number of aliphatic hydroxyl groups excluding tert-OH is 2. The Balaban J connectivity index is 0.000000709. The topological polar surface area (TPSA) is 60.8 Å². The van der Waals surface area contributed by atoms with E-state index in [1.165, 1.54) is 17.2 Å². The van der Waals surface area contributed by atoms with E-state index in [0.29, 0.717) is 24.2 Å². The molecule has 0 amide bonds. The number of ketones is 1. The Bertz CT molecular complexity index is 891. The van der Waals surface area contributed by atoms with E-state index >= 15 is 0 Å². The minimum Gasteiger partial charge on any atom is -0.393 e. The number of nitrogens with zero attached hydrogens (tertiary/aromatic N) is 1. The first-order valence-corrected chi connectivity index (χ1v) is 12.3. The van der Waals surface area contributed by atoms with Crippen molar-refractivity contribution in [3.63, 3.8) is 0 Å². The van der Waals surface area contributed by atoms with Crippen LogP contribution in [0.25, 0.3) is 0 Å². The summed E-state index contributed by atoms with van der Waals surface area (Å²) in [5.41, 5.74) is 5.44. The van der Waals surface area contributed by atoms with Gasteiger partial charge in [0.1, 0.15) is 0 Å². The van der Waals surface area contributed by atoms with Crippen LogP contribution in [0, 0.1) is 23.2 Å². The SMILES string of the molecule is C=C/C(=C\C=C\[C@H]1CC2(C)C(CC[C@@H]2O)C2CCC3=CC(=O)CCC3=C21)N(C)C.C=CCO. The van der Waals surface area contributed by atoms with Gasteiger partial charge in [-0.1, -0.05) is 37.3 Å². The maximum Gasteiger partial charge on any atom is 0.156 e. The third-order valence-electron chi connectivity index (χ3n) is 8.19. The van der Waals surface area contributed by atoms with Crippen LogP contribution in [0.2, 0.25) is 0 Å². The molecule has 2 fully saturated rings. The first-order chi connectivity index (χ1) is 15.8. The van der Waals surface area contributed by atoms with Crippen LogP contribution in [0.15, 0.2) is 72.0 Å². The maximum atomic E-state index is 12.0. The number of fused-ring (bicyclic) bond motifs is 4. The molecule has 3 unspecified atom stereocenters. The largest absolute Gasteiger partial charge is 0.393 e. The second-order valence-electron chi connectivity index (χ2n) is 10.3. The van der Waals surface area contributed by atoms with E-state index in [9.17, 15) is 9.90 Å². The molecule has 0 saturated heterocycles. The number of allylic oxidation sites excluding steroid dienone is 8. The predicted octanol–water partition coefficient (Wildman–Crippen LogP) is 5.13. The number of aliphatic hydroxyl groups is 2. The van der Waals surface area contributed by atoms with Crippen LogP contribution >= 0.6 is 0 Å². The molecule has 4 rings (SSSR count). The Kier molecular flexibility index (Phi) is 8.36. The van der Waals surface area contributed by atoms with Crippen molar-refractivity contribution in [1.29, 1.82) is 0 Å².